The van der Waals surface area contributed by atoms with Crippen LogP contribution < -0.4 is 0 Å². The van der Waals surface area contributed by atoms with Crippen molar-refractivity contribution in [3.63, 3.8) is 0 Å². The van der Waals surface area contributed by atoms with E-state index in [1.165, 1.54) is 10.4 Å². The highest BCUT2D eigenvalue weighted by Crippen LogP contribution is 2.34. The molecule has 1 aromatic heterocycles. The Hall–Kier alpha value is -1.08. The predicted octanol–water partition coefficient (Wildman–Crippen LogP) is 2.91. The average Bonchev–Trinajstić information content (AvgIpc) is 2.94. The van der Waals surface area contributed by atoms with Gasteiger partial charge in [-0.1, -0.05) is 0 Å². The second-order valence-electron chi connectivity index (χ2n) is 6.03. The van der Waals surface area contributed by atoms with Gasteiger partial charge < -0.3 is 4.90 Å². The molecule has 122 valence electrons. The van der Waals surface area contributed by atoms with Gasteiger partial charge in [0.2, 0.25) is 5.91 Å². The molecule has 3 nitrogen and oxygen atoms in total. The summed E-state index contributed by atoms with van der Waals surface area (Å²) in [4.78, 5) is 17.4. The van der Waals surface area contributed by atoms with Gasteiger partial charge in [0, 0.05) is 18.0 Å². The number of nitrogens with zero attached hydrogens (tertiary/aromatic N) is 2. The molecule has 0 spiro atoms. The van der Waals surface area contributed by atoms with Crippen LogP contribution in [0.4, 0.5) is 13.2 Å². The number of thiophene rings is 1. The minimum atomic E-state index is -4.10. The lowest BCUT2D eigenvalue weighted by Gasteiger charge is -2.34. The van der Waals surface area contributed by atoms with E-state index in [1.807, 2.05) is 21.2 Å². The second-order valence-corrected chi connectivity index (χ2v) is 7.03. The number of fused-ring (bicyclic) bond motifs is 1. The van der Waals surface area contributed by atoms with Crippen LogP contribution in [0.25, 0.3) is 0 Å². The van der Waals surface area contributed by atoms with Gasteiger partial charge in [0.05, 0.1) is 12.5 Å². The highest BCUT2D eigenvalue weighted by atomic mass is 32.1. The molecule has 0 unspecified atom stereocenters. The lowest BCUT2D eigenvalue weighted by Crippen LogP contribution is -2.46. The molecule has 2 aliphatic heterocycles. The molecule has 3 rings (SSSR count). The van der Waals surface area contributed by atoms with Crippen LogP contribution in [-0.2, 0) is 17.8 Å². The Bertz CT molecular complexity index is 535. The molecule has 0 radical (unpaired) electrons. The standard InChI is InChI=1S/C15H19F3N2OS/c16-15(17,18)12-1-5-19(6-2-12)10-14(21)20-7-3-13-11(9-20)4-8-22-13/h4,8,12H,1-3,5-7,9-10H2. The first kappa shape index (κ1) is 15.8. The van der Waals surface area contributed by atoms with E-state index in [9.17, 15) is 18.0 Å². The SMILES string of the molecule is O=C(CN1CCC(C(F)(F)F)CC1)N1CCc2sccc2C1. The van der Waals surface area contributed by atoms with Gasteiger partial charge in [-0.15, -0.1) is 11.3 Å². The monoisotopic (exact) mass is 332 g/mol. The zero-order valence-corrected chi connectivity index (χ0v) is 13.1. The third-order valence-corrected chi connectivity index (χ3v) is 5.59. The summed E-state index contributed by atoms with van der Waals surface area (Å²) in [5, 5.41) is 2.04. The highest BCUT2D eigenvalue weighted by Gasteiger charge is 2.41. The molecular weight excluding hydrogens is 313 g/mol. The largest absolute Gasteiger partial charge is 0.391 e. The second kappa shape index (κ2) is 6.20. The number of piperidine rings is 1. The Balaban J connectivity index is 1.49. The van der Waals surface area contributed by atoms with Gasteiger partial charge >= 0.3 is 6.18 Å². The Morgan fingerprint density at radius 2 is 2.00 bits per heavy atom. The predicted molar refractivity (Wildman–Crippen MR) is 78.7 cm³/mol. The number of rotatable bonds is 2. The van der Waals surface area contributed by atoms with Crippen molar-refractivity contribution in [1.29, 1.82) is 0 Å². The van der Waals surface area contributed by atoms with Crippen LogP contribution >= 0.6 is 11.3 Å². The number of carbonyl (C=O) groups excluding carboxylic acids is 1. The quantitative estimate of drug-likeness (QED) is 0.831. The maximum Gasteiger partial charge on any atom is 0.391 e. The number of carbonyl (C=O) groups is 1. The fourth-order valence-electron chi connectivity index (χ4n) is 3.17. The first-order valence-electron chi connectivity index (χ1n) is 7.55. The molecule has 0 aliphatic carbocycles. The number of alkyl halides is 3. The first-order valence-corrected chi connectivity index (χ1v) is 8.43. The zero-order chi connectivity index (χ0) is 15.7. The van der Waals surface area contributed by atoms with Gasteiger partial charge in [-0.2, -0.15) is 13.2 Å². The van der Waals surface area contributed by atoms with Crippen LogP contribution in [0.3, 0.4) is 0 Å². The van der Waals surface area contributed by atoms with Gasteiger partial charge in [0.25, 0.3) is 0 Å². The lowest BCUT2D eigenvalue weighted by molar-refractivity contribution is -0.185. The van der Waals surface area contributed by atoms with Crippen LogP contribution in [0, 0.1) is 5.92 Å². The fourth-order valence-corrected chi connectivity index (χ4v) is 4.06. The molecule has 1 amide bonds. The molecule has 0 N–H and O–H groups in total. The maximum atomic E-state index is 12.6. The van der Waals surface area contributed by atoms with Crippen molar-refractivity contribution in [2.45, 2.75) is 32.0 Å². The molecule has 0 saturated carbocycles. The topological polar surface area (TPSA) is 23.6 Å². The Labute approximate surface area is 131 Å². The van der Waals surface area contributed by atoms with Crippen molar-refractivity contribution in [3.05, 3.63) is 21.9 Å². The summed E-state index contributed by atoms with van der Waals surface area (Å²) < 4.78 is 37.9. The van der Waals surface area contributed by atoms with Crippen molar-refractivity contribution in [3.8, 4) is 0 Å². The molecule has 1 saturated heterocycles. The molecule has 0 aromatic carbocycles. The van der Waals surface area contributed by atoms with E-state index in [0.29, 0.717) is 26.2 Å². The Morgan fingerprint density at radius 3 is 2.68 bits per heavy atom. The Morgan fingerprint density at radius 1 is 1.27 bits per heavy atom. The number of likely N-dealkylation sites (tertiary alicyclic amines) is 1. The smallest absolute Gasteiger partial charge is 0.337 e. The van der Waals surface area contributed by atoms with Gasteiger partial charge in [-0.3, -0.25) is 9.69 Å². The van der Waals surface area contributed by atoms with E-state index in [1.54, 1.807) is 11.3 Å². The summed E-state index contributed by atoms with van der Waals surface area (Å²) in [5.74, 6) is -1.18. The van der Waals surface area contributed by atoms with E-state index in [4.69, 9.17) is 0 Å². The third-order valence-electron chi connectivity index (χ3n) is 4.57. The minimum absolute atomic E-state index is 0.0299. The van der Waals surface area contributed by atoms with Crippen molar-refractivity contribution in [2.24, 2.45) is 5.92 Å². The summed E-state index contributed by atoms with van der Waals surface area (Å²) in [6.45, 7) is 2.30. The molecule has 1 fully saturated rings. The molecule has 2 aliphatic rings. The first-order chi connectivity index (χ1) is 10.4. The summed E-state index contributed by atoms with van der Waals surface area (Å²) in [6, 6.07) is 2.05. The number of halogens is 3. The molecule has 1 aromatic rings. The summed E-state index contributed by atoms with van der Waals surface area (Å²) in [5.41, 5.74) is 1.21. The number of hydrogen-bond donors (Lipinski definition) is 0. The van der Waals surface area contributed by atoms with Gasteiger partial charge in [0.15, 0.2) is 0 Å². The van der Waals surface area contributed by atoms with E-state index < -0.39 is 12.1 Å². The van der Waals surface area contributed by atoms with Crippen molar-refractivity contribution >= 4 is 17.2 Å². The molecule has 3 heterocycles. The summed E-state index contributed by atoms with van der Waals surface area (Å²) in [6.07, 6.45) is -3.01. The number of hydrogen-bond acceptors (Lipinski definition) is 3. The van der Waals surface area contributed by atoms with E-state index in [-0.39, 0.29) is 25.3 Å². The van der Waals surface area contributed by atoms with Crippen LogP contribution in [0.5, 0.6) is 0 Å². The van der Waals surface area contributed by atoms with Gasteiger partial charge in [-0.25, -0.2) is 0 Å². The van der Waals surface area contributed by atoms with Crippen LogP contribution in [0.15, 0.2) is 11.4 Å². The average molecular weight is 332 g/mol. The van der Waals surface area contributed by atoms with Crippen LogP contribution in [-0.4, -0.2) is 48.1 Å². The van der Waals surface area contributed by atoms with Crippen molar-refractivity contribution in [1.82, 2.24) is 9.80 Å². The van der Waals surface area contributed by atoms with E-state index in [2.05, 4.69) is 0 Å². The van der Waals surface area contributed by atoms with Gasteiger partial charge in [0.1, 0.15) is 0 Å². The highest BCUT2D eigenvalue weighted by molar-refractivity contribution is 7.10. The van der Waals surface area contributed by atoms with Crippen LogP contribution in [0.2, 0.25) is 0 Å². The fraction of sp³-hybridized carbons (Fsp3) is 0.667. The van der Waals surface area contributed by atoms with Crippen LogP contribution in [0.1, 0.15) is 23.3 Å². The lowest BCUT2D eigenvalue weighted by atomic mass is 9.96. The van der Waals surface area contributed by atoms with E-state index >= 15 is 0 Å². The van der Waals surface area contributed by atoms with Crippen molar-refractivity contribution < 1.29 is 18.0 Å². The maximum absolute atomic E-state index is 12.6. The Kier molecular flexibility index (Phi) is 4.45. The van der Waals surface area contributed by atoms with Gasteiger partial charge in [-0.05, 0) is 49.4 Å². The molecule has 0 bridgehead atoms. The molecule has 0 atom stereocenters. The minimum Gasteiger partial charge on any atom is -0.337 e. The molecular formula is C15H19F3N2OS. The van der Waals surface area contributed by atoms with E-state index in [0.717, 1.165) is 6.42 Å². The number of amides is 1. The zero-order valence-electron chi connectivity index (χ0n) is 12.2. The third kappa shape index (κ3) is 3.46. The molecule has 7 heteroatoms. The summed E-state index contributed by atoms with van der Waals surface area (Å²) >= 11 is 1.72. The normalized spacial score (nSPS) is 21.0. The molecule has 22 heavy (non-hydrogen) atoms. The van der Waals surface area contributed by atoms with Crippen molar-refractivity contribution in [2.75, 3.05) is 26.2 Å². The summed E-state index contributed by atoms with van der Waals surface area (Å²) in [7, 11) is 0.